The van der Waals surface area contributed by atoms with Crippen LogP contribution in [0.3, 0.4) is 0 Å². The molecule has 0 saturated carbocycles. The highest BCUT2D eigenvalue weighted by atomic mass is 19.3. The Morgan fingerprint density at radius 1 is 1.38 bits per heavy atom. The van der Waals surface area contributed by atoms with E-state index in [1.807, 2.05) is 0 Å². The van der Waals surface area contributed by atoms with E-state index >= 15 is 0 Å². The number of rotatable bonds is 4. The van der Waals surface area contributed by atoms with Gasteiger partial charge in [0.15, 0.2) is 0 Å². The highest BCUT2D eigenvalue weighted by Gasteiger charge is 2.41. The molecule has 1 nitrogen and oxygen atoms in total. The van der Waals surface area contributed by atoms with E-state index in [1.165, 1.54) is 0 Å². The maximum absolute atomic E-state index is 13.6. The van der Waals surface area contributed by atoms with E-state index in [1.54, 1.807) is 6.92 Å². The van der Waals surface area contributed by atoms with Gasteiger partial charge in [-0.1, -0.05) is 20.8 Å². The number of piperidine rings is 1. The fraction of sp³-hybridized carbons (Fsp3) is 1.00. The Morgan fingerprint density at radius 2 is 2.00 bits per heavy atom. The predicted molar refractivity (Wildman–Crippen MR) is 63.8 cm³/mol. The summed E-state index contributed by atoms with van der Waals surface area (Å²) in [5.41, 5.74) is 0. The monoisotopic (exact) mass is 233 g/mol. The molecular weight excluding hydrogens is 208 g/mol. The number of nitrogens with zero attached hydrogens (tertiary/aromatic N) is 1. The standard InChI is InChI=1S/C13H25F2N/c1-5-13(14,15)12-6-7-16(9-10(2)3)11(4)8-12/h10-12H,5-9H2,1-4H3. The Labute approximate surface area is 98.2 Å². The molecule has 1 heterocycles. The molecular formula is C13H25F2N. The van der Waals surface area contributed by atoms with Gasteiger partial charge in [0.1, 0.15) is 0 Å². The predicted octanol–water partition coefficient (Wildman–Crippen LogP) is 3.79. The molecule has 0 N–H and O–H groups in total. The average molecular weight is 233 g/mol. The SMILES string of the molecule is CCC(F)(F)C1CCN(CC(C)C)C(C)C1. The van der Waals surface area contributed by atoms with E-state index in [9.17, 15) is 8.78 Å². The third kappa shape index (κ3) is 3.41. The van der Waals surface area contributed by atoms with E-state index in [0.717, 1.165) is 13.1 Å². The Balaban J connectivity index is 2.51. The summed E-state index contributed by atoms with van der Waals surface area (Å²) in [5, 5.41) is 0. The maximum atomic E-state index is 13.6. The summed E-state index contributed by atoms with van der Waals surface area (Å²) in [6, 6.07) is 0.304. The van der Waals surface area contributed by atoms with Crippen molar-refractivity contribution in [2.75, 3.05) is 13.1 Å². The third-order valence-electron chi connectivity index (χ3n) is 3.68. The van der Waals surface area contributed by atoms with Gasteiger partial charge < -0.3 is 4.90 Å². The third-order valence-corrected chi connectivity index (χ3v) is 3.68. The molecule has 0 radical (unpaired) electrons. The molecule has 2 unspecified atom stereocenters. The molecule has 0 aromatic rings. The molecule has 0 aliphatic carbocycles. The van der Waals surface area contributed by atoms with Crippen molar-refractivity contribution < 1.29 is 8.78 Å². The van der Waals surface area contributed by atoms with Gasteiger partial charge in [0.25, 0.3) is 5.92 Å². The zero-order chi connectivity index (χ0) is 12.3. The van der Waals surface area contributed by atoms with Crippen LogP contribution in [0.5, 0.6) is 0 Å². The van der Waals surface area contributed by atoms with Gasteiger partial charge in [0.05, 0.1) is 0 Å². The van der Waals surface area contributed by atoms with Crippen LogP contribution in [0.15, 0.2) is 0 Å². The lowest BCUT2D eigenvalue weighted by molar-refractivity contribution is -0.0903. The summed E-state index contributed by atoms with van der Waals surface area (Å²) in [6.07, 6.45) is 1.28. The lowest BCUT2D eigenvalue weighted by Crippen LogP contribution is -2.46. The van der Waals surface area contributed by atoms with Gasteiger partial charge in [-0.15, -0.1) is 0 Å². The lowest BCUT2D eigenvalue weighted by Gasteiger charge is -2.41. The highest BCUT2D eigenvalue weighted by molar-refractivity contribution is 4.86. The molecule has 96 valence electrons. The quantitative estimate of drug-likeness (QED) is 0.714. The Morgan fingerprint density at radius 3 is 2.44 bits per heavy atom. The number of hydrogen-bond acceptors (Lipinski definition) is 1. The number of halogens is 2. The molecule has 0 aromatic carbocycles. The second-order valence-electron chi connectivity index (χ2n) is 5.57. The van der Waals surface area contributed by atoms with Crippen molar-refractivity contribution in [1.29, 1.82) is 0 Å². The molecule has 16 heavy (non-hydrogen) atoms. The first kappa shape index (κ1) is 13.9. The maximum Gasteiger partial charge on any atom is 0.250 e. The van der Waals surface area contributed by atoms with Crippen LogP contribution in [-0.2, 0) is 0 Å². The zero-order valence-corrected chi connectivity index (χ0v) is 11.0. The molecule has 1 saturated heterocycles. The van der Waals surface area contributed by atoms with E-state index in [4.69, 9.17) is 0 Å². The van der Waals surface area contributed by atoms with Crippen LogP contribution in [0.25, 0.3) is 0 Å². The largest absolute Gasteiger partial charge is 0.300 e. The van der Waals surface area contributed by atoms with Crippen molar-refractivity contribution in [1.82, 2.24) is 4.90 Å². The van der Waals surface area contributed by atoms with Crippen molar-refractivity contribution >= 4 is 0 Å². The van der Waals surface area contributed by atoms with Crippen molar-refractivity contribution in [3.8, 4) is 0 Å². The summed E-state index contributed by atoms with van der Waals surface area (Å²) >= 11 is 0. The summed E-state index contributed by atoms with van der Waals surface area (Å²) in [5.74, 6) is -2.25. The summed E-state index contributed by atoms with van der Waals surface area (Å²) < 4.78 is 27.2. The van der Waals surface area contributed by atoms with E-state index in [0.29, 0.717) is 24.8 Å². The van der Waals surface area contributed by atoms with E-state index < -0.39 is 11.8 Å². The van der Waals surface area contributed by atoms with Gasteiger partial charge in [-0.05, 0) is 32.2 Å². The van der Waals surface area contributed by atoms with Gasteiger partial charge in [0, 0.05) is 24.9 Å². The van der Waals surface area contributed by atoms with Crippen molar-refractivity contribution in [3.05, 3.63) is 0 Å². The molecule has 1 aliphatic rings. The van der Waals surface area contributed by atoms with Gasteiger partial charge in [-0.2, -0.15) is 0 Å². The minimum atomic E-state index is -2.46. The Bertz CT molecular complexity index is 216. The normalized spacial score (nSPS) is 28.7. The first-order chi connectivity index (χ1) is 7.36. The number of likely N-dealkylation sites (tertiary alicyclic amines) is 1. The molecule has 0 spiro atoms. The van der Waals surface area contributed by atoms with Crippen LogP contribution >= 0.6 is 0 Å². The Kier molecular flexibility index (Phi) is 4.72. The molecule has 3 heteroatoms. The fourth-order valence-electron chi connectivity index (χ4n) is 2.63. The van der Waals surface area contributed by atoms with Crippen LogP contribution in [0.1, 0.15) is 47.0 Å². The van der Waals surface area contributed by atoms with E-state index in [2.05, 4.69) is 25.7 Å². The molecule has 0 amide bonds. The smallest absolute Gasteiger partial charge is 0.250 e. The van der Waals surface area contributed by atoms with Gasteiger partial charge in [-0.25, -0.2) is 8.78 Å². The molecule has 1 aliphatic heterocycles. The molecule has 1 rings (SSSR count). The first-order valence-corrected chi connectivity index (χ1v) is 6.48. The lowest BCUT2D eigenvalue weighted by atomic mass is 9.85. The van der Waals surface area contributed by atoms with Gasteiger partial charge >= 0.3 is 0 Å². The topological polar surface area (TPSA) is 3.24 Å². The van der Waals surface area contributed by atoms with E-state index in [-0.39, 0.29) is 6.42 Å². The summed E-state index contributed by atoms with van der Waals surface area (Å²) in [4.78, 5) is 2.35. The first-order valence-electron chi connectivity index (χ1n) is 6.48. The number of hydrogen-bond donors (Lipinski definition) is 0. The second-order valence-corrected chi connectivity index (χ2v) is 5.57. The molecule has 1 fully saturated rings. The van der Waals surface area contributed by atoms with Crippen LogP contribution in [-0.4, -0.2) is 30.0 Å². The van der Waals surface area contributed by atoms with Gasteiger partial charge in [0.2, 0.25) is 0 Å². The van der Waals surface area contributed by atoms with Crippen LogP contribution in [0.4, 0.5) is 8.78 Å². The fourth-order valence-corrected chi connectivity index (χ4v) is 2.63. The van der Waals surface area contributed by atoms with Gasteiger partial charge in [-0.3, -0.25) is 0 Å². The molecule has 2 atom stereocenters. The molecule has 0 aromatic heterocycles. The van der Waals surface area contributed by atoms with Crippen LogP contribution in [0.2, 0.25) is 0 Å². The second kappa shape index (κ2) is 5.44. The number of alkyl halides is 2. The highest BCUT2D eigenvalue weighted by Crippen LogP contribution is 2.37. The summed E-state index contributed by atoms with van der Waals surface area (Å²) in [7, 11) is 0. The van der Waals surface area contributed by atoms with Crippen molar-refractivity contribution in [3.63, 3.8) is 0 Å². The van der Waals surface area contributed by atoms with Crippen molar-refractivity contribution in [2.45, 2.75) is 58.9 Å². The average Bonchev–Trinajstić information content (AvgIpc) is 2.20. The van der Waals surface area contributed by atoms with Crippen LogP contribution in [0, 0.1) is 11.8 Å². The summed E-state index contributed by atoms with van der Waals surface area (Å²) in [6.45, 7) is 9.90. The Hall–Kier alpha value is -0.180. The van der Waals surface area contributed by atoms with Crippen LogP contribution < -0.4 is 0 Å². The minimum Gasteiger partial charge on any atom is -0.300 e. The molecule has 0 bridgehead atoms. The minimum absolute atomic E-state index is 0.0193. The zero-order valence-electron chi connectivity index (χ0n) is 11.0. The van der Waals surface area contributed by atoms with Crippen molar-refractivity contribution in [2.24, 2.45) is 11.8 Å².